The smallest absolute Gasteiger partial charge is 0.228 e. The van der Waals surface area contributed by atoms with E-state index in [4.69, 9.17) is 4.98 Å². The van der Waals surface area contributed by atoms with Crippen LogP contribution in [-0.2, 0) is 10.5 Å². The highest BCUT2D eigenvalue weighted by Gasteiger charge is 2.32. The summed E-state index contributed by atoms with van der Waals surface area (Å²) in [5.74, 6) is 0.943. The van der Waals surface area contributed by atoms with Gasteiger partial charge in [0, 0.05) is 34.6 Å². The molecule has 6 heteroatoms. The van der Waals surface area contributed by atoms with Crippen molar-refractivity contribution in [3.05, 3.63) is 95.8 Å². The molecule has 0 saturated carbocycles. The largest absolute Gasteiger partial charge is 0.326 e. The molecule has 1 N–H and O–H groups in total. The summed E-state index contributed by atoms with van der Waals surface area (Å²) in [6, 6.07) is 20.3. The maximum atomic E-state index is 13.2. The molecule has 0 spiro atoms. The van der Waals surface area contributed by atoms with Crippen molar-refractivity contribution in [3.8, 4) is 0 Å². The van der Waals surface area contributed by atoms with Crippen LogP contribution in [0, 0.1) is 5.92 Å². The summed E-state index contributed by atoms with van der Waals surface area (Å²) >= 11 is 3.46. The van der Waals surface area contributed by atoms with Crippen LogP contribution in [0.5, 0.6) is 0 Å². The topological polar surface area (TPSA) is 54.9 Å². The van der Waals surface area contributed by atoms with Crippen LogP contribution in [0.2, 0.25) is 0 Å². The molecule has 2 heterocycles. The Bertz CT molecular complexity index is 1200. The number of hydrogen-bond acceptors (Lipinski definition) is 5. The molecule has 1 aliphatic rings. The van der Waals surface area contributed by atoms with E-state index in [0.29, 0.717) is 0 Å². The molecule has 2 aromatic carbocycles. The predicted octanol–water partition coefficient (Wildman–Crippen LogP) is 6.67. The minimum Gasteiger partial charge on any atom is -0.326 e. The van der Waals surface area contributed by atoms with Crippen molar-refractivity contribution < 1.29 is 4.79 Å². The molecule has 0 fully saturated rings. The van der Waals surface area contributed by atoms with E-state index in [2.05, 4.69) is 46.7 Å². The first-order chi connectivity index (χ1) is 15.8. The second-order valence-electron chi connectivity index (χ2n) is 7.84. The Balaban J connectivity index is 1.25. The SMILES string of the molecule is O=C(Nc1ccc(SCc2cccnc2)cc1)C1CC=CCC1c1nc2ccccc2s1. The summed E-state index contributed by atoms with van der Waals surface area (Å²) in [4.78, 5) is 23.3. The Morgan fingerprint density at radius 3 is 2.69 bits per heavy atom. The van der Waals surface area contributed by atoms with Crippen LogP contribution in [-0.4, -0.2) is 15.9 Å². The summed E-state index contributed by atoms with van der Waals surface area (Å²) < 4.78 is 1.18. The van der Waals surface area contributed by atoms with E-state index in [0.717, 1.165) is 34.8 Å². The number of carbonyl (C=O) groups excluding carboxylic acids is 1. The van der Waals surface area contributed by atoms with Crippen molar-refractivity contribution in [1.29, 1.82) is 0 Å². The first-order valence-corrected chi connectivity index (χ1v) is 12.5. The van der Waals surface area contributed by atoms with Gasteiger partial charge >= 0.3 is 0 Å². The summed E-state index contributed by atoms with van der Waals surface area (Å²) in [6.45, 7) is 0. The number of amides is 1. The number of thiazole rings is 1. The number of nitrogens with zero attached hydrogens (tertiary/aromatic N) is 2. The average molecular weight is 458 g/mol. The van der Waals surface area contributed by atoms with Gasteiger partial charge in [-0.15, -0.1) is 23.1 Å². The number of aromatic nitrogens is 2. The molecule has 2 atom stereocenters. The van der Waals surface area contributed by atoms with Crippen molar-refractivity contribution in [3.63, 3.8) is 0 Å². The summed E-state index contributed by atoms with van der Waals surface area (Å²) in [5.41, 5.74) is 3.04. The fourth-order valence-corrected chi connectivity index (χ4v) is 5.92. The number of nitrogens with one attached hydrogen (secondary N) is 1. The molecule has 160 valence electrons. The molecule has 4 nitrogen and oxygen atoms in total. The molecule has 4 aromatic rings. The molecule has 2 aromatic heterocycles. The van der Waals surface area contributed by atoms with Gasteiger partial charge in [0.05, 0.1) is 21.1 Å². The zero-order valence-electron chi connectivity index (χ0n) is 17.5. The van der Waals surface area contributed by atoms with E-state index in [1.54, 1.807) is 29.3 Å². The number of allylic oxidation sites excluding steroid dienone is 2. The van der Waals surface area contributed by atoms with Crippen LogP contribution in [0.3, 0.4) is 0 Å². The van der Waals surface area contributed by atoms with Gasteiger partial charge in [0.2, 0.25) is 5.91 Å². The Morgan fingerprint density at radius 1 is 1.03 bits per heavy atom. The van der Waals surface area contributed by atoms with E-state index in [1.165, 1.54) is 15.2 Å². The number of rotatable bonds is 6. The van der Waals surface area contributed by atoms with Gasteiger partial charge in [0.1, 0.15) is 0 Å². The lowest BCUT2D eigenvalue weighted by Gasteiger charge is -2.26. The Kier molecular flexibility index (Phi) is 6.32. The minimum atomic E-state index is -0.111. The Morgan fingerprint density at radius 2 is 1.88 bits per heavy atom. The van der Waals surface area contributed by atoms with Gasteiger partial charge in [-0.3, -0.25) is 9.78 Å². The highest BCUT2D eigenvalue weighted by Crippen LogP contribution is 2.39. The second-order valence-corrected chi connectivity index (χ2v) is 9.95. The predicted molar refractivity (Wildman–Crippen MR) is 133 cm³/mol. The lowest BCUT2D eigenvalue weighted by molar-refractivity contribution is -0.120. The molecule has 1 aliphatic carbocycles. The first kappa shape index (κ1) is 20.9. The molecule has 2 unspecified atom stereocenters. The van der Waals surface area contributed by atoms with Crippen LogP contribution >= 0.6 is 23.1 Å². The van der Waals surface area contributed by atoms with Gasteiger partial charge < -0.3 is 5.32 Å². The zero-order valence-corrected chi connectivity index (χ0v) is 19.1. The maximum absolute atomic E-state index is 13.2. The molecule has 5 rings (SSSR count). The van der Waals surface area contributed by atoms with E-state index < -0.39 is 0 Å². The number of benzene rings is 2. The quantitative estimate of drug-likeness (QED) is 0.259. The van der Waals surface area contributed by atoms with E-state index >= 15 is 0 Å². The lowest BCUT2D eigenvalue weighted by Crippen LogP contribution is -2.29. The third kappa shape index (κ3) is 4.76. The molecule has 0 bridgehead atoms. The number of hydrogen-bond donors (Lipinski definition) is 1. The number of pyridine rings is 1. The van der Waals surface area contributed by atoms with Crippen LogP contribution in [0.25, 0.3) is 10.2 Å². The van der Waals surface area contributed by atoms with Crippen molar-refractivity contribution in [1.82, 2.24) is 9.97 Å². The lowest BCUT2D eigenvalue weighted by atomic mass is 9.82. The van der Waals surface area contributed by atoms with Gasteiger partial charge in [-0.25, -0.2) is 4.98 Å². The second kappa shape index (κ2) is 9.67. The number of anilines is 1. The van der Waals surface area contributed by atoms with Crippen LogP contribution < -0.4 is 5.32 Å². The molecule has 0 saturated heterocycles. The van der Waals surface area contributed by atoms with Gasteiger partial charge in [-0.05, 0) is 60.9 Å². The molecule has 0 aliphatic heterocycles. The molecular formula is C26H23N3OS2. The highest BCUT2D eigenvalue weighted by atomic mass is 32.2. The molecule has 32 heavy (non-hydrogen) atoms. The monoisotopic (exact) mass is 457 g/mol. The van der Waals surface area contributed by atoms with Crippen molar-refractivity contribution in [2.24, 2.45) is 5.92 Å². The van der Waals surface area contributed by atoms with Crippen LogP contribution in [0.4, 0.5) is 5.69 Å². The average Bonchev–Trinajstić information content (AvgIpc) is 3.28. The summed E-state index contributed by atoms with van der Waals surface area (Å²) in [6.07, 6.45) is 9.56. The van der Waals surface area contributed by atoms with E-state index in [9.17, 15) is 4.79 Å². The zero-order chi connectivity index (χ0) is 21.8. The fraction of sp³-hybridized carbons (Fsp3) is 0.192. The van der Waals surface area contributed by atoms with Crippen molar-refractivity contribution in [2.45, 2.75) is 29.4 Å². The Labute approximate surface area is 195 Å². The molecule has 1 amide bonds. The van der Waals surface area contributed by atoms with Gasteiger partial charge in [-0.2, -0.15) is 0 Å². The number of thioether (sulfide) groups is 1. The van der Waals surface area contributed by atoms with E-state index in [-0.39, 0.29) is 17.7 Å². The summed E-state index contributed by atoms with van der Waals surface area (Å²) in [5, 5.41) is 4.18. The normalized spacial score (nSPS) is 18.0. The van der Waals surface area contributed by atoms with Gasteiger partial charge in [0.25, 0.3) is 0 Å². The standard InChI is InChI=1S/C26H23N3OS2/c30-25(28-19-11-13-20(14-12-19)31-17-18-6-5-15-27-16-18)21-7-1-2-8-22(21)26-29-23-9-3-4-10-24(23)32-26/h1-6,9-16,21-22H,7-8,17H2,(H,28,30). The van der Waals surface area contributed by atoms with Gasteiger partial charge in [0.15, 0.2) is 0 Å². The van der Waals surface area contributed by atoms with Crippen LogP contribution in [0.1, 0.15) is 29.3 Å². The van der Waals surface area contributed by atoms with Gasteiger partial charge in [-0.1, -0.05) is 30.4 Å². The van der Waals surface area contributed by atoms with E-state index in [1.807, 2.05) is 42.6 Å². The van der Waals surface area contributed by atoms with Crippen LogP contribution in [0.15, 0.2) is 90.1 Å². The Hall–Kier alpha value is -2.96. The number of carbonyl (C=O) groups is 1. The van der Waals surface area contributed by atoms with Crippen molar-refractivity contribution in [2.75, 3.05) is 5.32 Å². The first-order valence-electron chi connectivity index (χ1n) is 10.7. The third-order valence-electron chi connectivity index (χ3n) is 5.65. The molecular weight excluding hydrogens is 434 g/mol. The third-order valence-corrected chi connectivity index (χ3v) is 7.90. The fourth-order valence-electron chi connectivity index (χ4n) is 3.95. The minimum absolute atomic E-state index is 0.0642. The highest BCUT2D eigenvalue weighted by molar-refractivity contribution is 7.98. The maximum Gasteiger partial charge on any atom is 0.228 e. The summed E-state index contributed by atoms with van der Waals surface area (Å²) in [7, 11) is 0. The van der Waals surface area contributed by atoms with Crippen molar-refractivity contribution >= 4 is 44.9 Å². The molecule has 0 radical (unpaired) electrons. The number of para-hydroxylation sites is 1. The number of fused-ring (bicyclic) bond motifs is 1.